The van der Waals surface area contributed by atoms with Crippen LogP contribution in [0.4, 0.5) is 0 Å². The maximum Gasteiger partial charge on any atom is 0.00823 e. The zero-order chi connectivity index (χ0) is 13.5. The van der Waals surface area contributed by atoms with E-state index in [1.165, 1.54) is 71.0 Å². The van der Waals surface area contributed by atoms with E-state index in [2.05, 4.69) is 35.2 Å². The van der Waals surface area contributed by atoms with Crippen LogP contribution in [-0.4, -0.2) is 48.1 Å². The second-order valence-corrected chi connectivity index (χ2v) is 7.48. The number of rotatable bonds is 5. The van der Waals surface area contributed by atoms with Crippen LogP contribution in [0.5, 0.6) is 0 Å². The standard InChI is InChI=1S/C16H32N2S/c1-3-11-18-12-4-5-14(10-13-18)17-15-6-8-16(19-2)9-7-15/h14-17H,3-13H2,1-2H3. The van der Waals surface area contributed by atoms with Crippen molar-refractivity contribution in [1.82, 2.24) is 10.2 Å². The van der Waals surface area contributed by atoms with Gasteiger partial charge >= 0.3 is 0 Å². The van der Waals surface area contributed by atoms with E-state index in [1.807, 2.05) is 0 Å². The number of nitrogens with one attached hydrogen (secondary N) is 1. The highest BCUT2D eigenvalue weighted by Crippen LogP contribution is 2.27. The van der Waals surface area contributed by atoms with Gasteiger partial charge in [-0.2, -0.15) is 11.8 Å². The molecular formula is C16H32N2S. The zero-order valence-corrected chi connectivity index (χ0v) is 13.7. The van der Waals surface area contributed by atoms with Crippen LogP contribution in [0.15, 0.2) is 0 Å². The Kier molecular flexibility index (Phi) is 7.03. The molecular weight excluding hydrogens is 252 g/mol. The van der Waals surface area contributed by atoms with Gasteiger partial charge in [-0.1, -0.05) is 6.92 Å². The molecule has 2 aliphatic rings. The number of thioether (sulfide) groups is 1. The first-order valence-electron chi connectivity index (χ1n) is 8.33. The first-order chi connectivity index (χ1) is 9.31. The molecule has 1 saturated carbocycles. The lowest BCUT2D eigenvalue weighted by atomic mass is 9.93. The van der Waals surface area contributed by atoms with Gasteiger partial charge in [-0.25, -0.2) is 0 Å². The molecule has 1 N–H and O–H groups in total. The predicted molar refractivity (Wildman–Crippen MR) is 87.1 cm³/mol. The second-order valence-electron chi connectivity index (χ2n) is 6.35. The number of likely N-dealkylation sites (tertiary alicyclic amines) is 1. The van der Waals surface area contributed by atoms with E-state index >= 15 is 0 Å². The van der Waals surface area contributed by atoms with Gasteiger partial charge < -0.3 is 10.2 Å². The first-order valence-corrected chi connectivity index (χ1v) is 9.61. The van der Waals surface area contributed by atoms with Crippen LogP contribution < -0.4 is 5.32 Å². The molecule has 0 amide bonds. The Hall–Kier alpha value is 0.270. The smallest absolute Gasteiger partial charge is 0.00823 e. The summed E-state index contributed by atoms with van der Waals surface area (Å²) < 4.78 is 0. The second kappa shape index (κ2) is 8.53. The summed E-state index contributed by atoms with van der Waals surface area (Å²) in [5.74, 6) is 0. The molecule has 1 heterocycles. The summed E-state index contributed by atoms with van der Waals surface area (Å²) in [5, 5.41) is 4.91. The largest absolute Gasteiger partial charge is 0.311 e. The number of hydrogen-bond acceptors (Lipinski definition) is 3. The zero-order valence-electron chi connectivity index (χ0n) is 12.9. The molecule has 1 atom stereocenters. The summed E-state index contributed by atoms with van der Waals surface area (Å²) >= 11 is 2.07. The van der Waals surface area contributed by atoms with Crippen molar-refractivity contribution in [1.29, 1.82) is 0 Å². The fraction of sp³-hybridized carbons (Fsp3) is 1.00. The Balaban J connectivity index is 1.68. The van der Waals surface area contributed by atoms with Gasteiger partial charge in [-0.05, 0) is 77.3 Å². The van der Waals surface area contributed by atoms with Crippen molar-refractivity contribution in [3.8, 4) is 0 Å². The van der Waals surface area contributed by atoms with Gasteiger partial charge in [0.05, 0.1) is 0 Å². The molecule has 2 rings (SSSR count). The maximum atomic E-state index is 3.97. The van der Waals surface area contributed by atoms with Crippen LogP contribution in [0.25, 0.3) is 0 Å². The van der Waals surface area contributed by atoms with E-state index in [9.17, 15) is 0 Å². The number of nitrogens with zero attached hydrogens (tertiary/aromatic N) is 1. The van der Waals surface area contributed by atoms with Crippen LogP contribution >= 0.6 is 11.8 Å². The van der Waals surface area contributed by atoms with Crippen molar-refractivity contribution in [3.63, 3.8) is 0 Å². The lowest BCUT2D eigenvalue weighted by Gasteiger charge is -2.31. The predicted octanol–water partition coefficient (Wildman–Crippen LogP) is 3.51. The van der Waals surface area contributed by atoms with E-state index in [0.29, 0.717) is 0 Å². The quantitative estimate of drug-likeness (QED) is 0.831. The number of hydrogen-bond donors (Lipinski definition) is 1. The average molecular weight is 285 g/mol. The molecule has 1 aliphatic carbocycles. The highest BCUT2D eigenvalue weighted by atomic mass is 32.2. The van der Waals surface area contributed by atoms with Crippen LogP contribution in [0, 0.1) is 0 Å². The van der Waals surface area contributed by atoms with Crippen LogP contribution in [0.2, 0.25) is 0 Å². The summed E-state index contributed by atoms with van der Waals surface area (Å²) in [7, 11) is 0. The molecule has 2 nitrogen and oxygen atoms in total. The molecule has 3 heteroatoms. The van der Waals surface area contributed by atoms with Crippen LogP contribution in [-0.2, 0) is 0 Å². The van der Waals surface area contributed by atoms with Gasteiger partial charge in [0, 0.05) is 17.3 Å². The average Bonchev–Trinajstić information content (AvgIpc) is 2.66. The highest BCUT2D eigenvalue weighted by Gasteiger charge is 2.23. The van der Waals surface area contributed by atoms with Crippen LogP contribution in [0.3, 0.4) is 0 Å². The van der Waals surface area contributed by atoms with Crippen molar-refractivity contribution in [2.75, 3.05) is 25.9 Å². The van der Waals surface area contributed by atoms with E-state index in [0.717, 1.165) is 17.3 Å². The molecule has 1 saturated heterocycles. The summed E-state index contributed by atoms with van der Waals surface area (Å²) in [5.41, 5.74) is 0. The normalized spacial score (nSPS) is 34.1. The third-order valence-corrected chi connectivity index (χ3v) is 5.98. The summed E-state index contributed by atoms with van der Waals surface area (Å²) in [6, 6.07) is 1.60. The highest BCUT2D eigenvalue weighted by molar-refractivity contribution is 7.99. The Morgan fingerprint density at radius 2 is 1.74 bits per heavy atom. The Labute approximate surface area is 124 Å². The molecule has 1 unspecified atom stereocenters. The monoisotopic (exact) mass is 284 g/mol. The van der Waals surface area contributed by atoms with Gasteiger partial charge in [0.15, 0.2) is 0 Å². The minimum Gasteiger partial charge on any atom is -0.311 e. The van der Waals surface area contributed by atoms with Crippen molar-refractivity contribution < 1.29 is 0 Å². The van der Waals surface area contributed by atoms with Gasteiger partial charge in [-0.15, -0.1) is 0 Å². The van der Waals surface area contributed by atoms with Gasteiger partial charge in [0.2, 0.25) is 0 Å². The lowest BCUT2D eigenvalue weighted by Crippen LogP contribution is -2.41. The molecule has 19 heavy (non-hydrogen) atoms. The lowest BCUT2D eigenvalue weighted by molar-refractivity contribution is 0.277. The maximum absolute atomic E-state index is 3.97. The van der Waals surface area contributed by atoms with Crippen molar-refractivity contribution in [2.45, 2.75) is 75.6 Å². The molecule has 0 radical (unpaired) electrons. The van der Waals surface area contributed by atoms with Gasteiger partial charge in [-0.3, -0.25) is 0 Å². The fourth-order valence-electron chi connectivity index (χ4n) is 3.66. The minimum atomic E-state index is 0.790. The van der Waals surface area contributed by atoms with Crippen molar-refractivity contribution in [2.24, 2.45) is 0 Å². The summed E-state index contributed by atoms with van der Waals surface area (Å²) in [4.78, 5) is 2.66. The minimum absolute atomic E-state index is 0.790. The van der Waals surface area contributed by atoms with E-state index in [1.54, 1.807) is 0 Å². The van der Waals surface area contributed by atoms with Crippen LogP contribution in [0.1, 0.15) is 58.3 Å². The van der Waals surface area contributed by atoms with E-state index in [4.69, 9.17) is 0 Å². The molecule has 1 aliphatic heterocycles. The third-order valence-electron chi connectivity index (χ3n) is 4.84. The Bertz CT molecular complexity index is 239. The topological polar surface area (TPSA) is 15.3 Å². The molecule has 0 aromatic carbocycles. The molecule has 0 aromatic heterocycles. The van der Waals surface area contributed by atoms with Crippen molar-refractivity contribution in [3.05, 3.63) is 0 Å². The third kappa shape index (κ3) is 5.28. The summed E-state index contributed by atoms with van der Waals surface area (Å²) in [6.45, 7) is 6.23. The van der Waals surface area contributed by atoms with Gasteiger partial charge in [0.1, 0.15) is 0 Å². The Morgan fingerprint density at radius 3 is 2.42 bits per heavy atom. The van der Waals surface area contributed by atoms with Gasteiger partial charge in [0.25, 0.3) is 0 Å². The van der Waals surface area contributed by atoms with E-state index in [-0.39, 0.29) is 0 Å². The fourth-order valence-corrected chi connectivity index (χ4v) is 4.40. The molecule has 2 fully saturated rings. The molecule has 112 valence electrons. The Morgan fingerprint density at radius 1 is 1.00 bits per heavy atom. The summed E-state index contributed by atoms with van der Waals surface area (Å²) in [6.07, 6.45) is 13.4. The molecule has 0 aromatic rings. The van der Waals surface area contributed by atoms with Crippen molar-refractivity contribution >= 4 is 11.8 Å². The van der Waals surface area contributed by atoms with E-state index < -0.39 is 0 Å². The molecule has 0 spiro atoms. The first kappa shape index (κ1) is 15.7. The SMILES string of the molecule is CCCN1CCCC(NC2CCC(SC)CC2)CC1. The molecule has 0 bridgehead atoms.